The first-order valence-corrected chi connectivity index (χ1v) is 11.9. The van der Waals surface area contributed by atoms with Gasteiger partial charge in [0.1, 0.15) is 5.82 Å². The molecule has 0 radical (unpaired) electrons. The number of hydrogen-bond donors (Lipinski definition) is 3. The molecule has 0 atom stereocenters. The molecular formula is C22H17FN4O4S2. The number of carbonyl (C=O) groups excluding carboxylic acids is 2. The van der Waals surface area contributed by atoms with Crippen molar-refractivity contribution in [3.05, 3.63) is 78.1 Å². The molecule has 1 aromatic heterocycles. The van der Waals surface area contributed by atoms with E-state index in [1.54, 1.807) is 18.2 Å². The van der Waals surface area contributed by atoms with Gasteiger partial charge in [0.15, 0.2) is 5.13 Å². The Kier molecular flexibility index (Phi) is 6.07. The van der Waals surface area contributed by atoms with Crippen LogP contribution in [0, 0.1) is 5.82 Å². The van der Waals surface area contributed by atoms with Crippen LogP contribution in [0.2, 0.25) is 0 Å². The summed E-state index contributed by atoms with van der Waals surface area (Å²) in [6, 6.07) is 15.6. The van der Waals surface area contributed by atoms with Crippen LogP contribution in [0.25, 0.3) is 10.2 Å². The van der Waals surface area contributed by atoms with E-state index < -0.39 is 21.7 Å². The van der Waals surface area contributed by atoms with E-state index in [1.807, 2.05) is 0 Å². The molecule has 4 aromatic rings. The van der Waals surface area contributed by atoms with Gasteiger partial charge in [-0.3, -0.25) is 19.6 Å². The monoisotopic (exact) mass is 484 g/mol. The van der Waals surface area contributed by atoms with Crippen molar-refractivity contribution in [2.45, 2.75) is 11.8 Å². The van der Waals surface area contributed by atoms with Crippen molar-refractivity contribution in [2.24, 2.45) is 0 Å². The summed E-state index contributed by atoms with van der Waals surface area (Å²) in [7, 11) is -3.95. The van der Waals surface area contributed by atoms with E-state index >= 15 is 0 Å². The maximum Gasteiger partial charge on any atom is 0.261 e. The summed E-state index contributed by atoms with van der Waals surface area (Å²) in [5.41, 5.74) is 1.67. The Morgan fingerprint density at radius 3 is 2.42 bits per heavy atom. The third-order valence-corrected chi connectivity index (χ3v) is 6.76. The number of nitrogens with one attached hydrogen (secondary N) is 3. The van der Waals surface area contributed by atoms with Crippen LogP contribution in [0.15, 0.2) is 71.6 Å². The van der Waals surface area contributed by atoms with Crippen LogP contribution in [0.3, 0.4) is 0 Å². The highest BCUT2D eigenvalue weighted by molar-refractivity contribution is 7.92. The zero-order valence-corrected chi connectivity index (χ0v) is 18.8. The van der Waals surface area contributed by atoms with Crippen LogP contribution in [0.5, 0.6) is 0 Å². The Hall–Kier alpha value is -3.83. The summed E-state index contributed by atoms with van der Waals surface area (Å²) in [6.07, 6.45) is 0. The summed E-state index contributed by atoms with van der Waals surface area (Å²) in [5.74, 6) is -1.21. The van der Waals surface area contributed by atoms with Gasteiger partial charge < -0.3 is 5.32 Å². The number of nitrogens with zero attached hydrogens (tertiary/aromatic N) is 1. The van der Waals surface area contributed by atoms with E-state index in [0.717, 1.165) is 29.0 Å². The fourth-order valence-corrected chi connectivity index (χ4v) is 4.93. The molecule has 0 bridgehead atoms. The standard InChI is InChI=1S/C22H17FN4O4S2/c1-13(28)24-16-7-10-19-20(12-16)32-22(25-19)26-21(29)14-3-2-4-17(11-14)27-33(30,31)18-8-5-15(23)6-9-18/h2-12,27H,1H3,(H,24,28)(H,25,26,29). The minimum Gasteiger partial charge on any atom is -0.326 e. The van der Waals surface area contributed by atoms with Crippen LogP contribution in [-0.4, -0.2) is 25.2 Å². The molecule has 8 nitrogen and oxygen atoms in total. The number of amides is 2. The van der Waals surface area contributed by atoms with Crippen molar-refractivity contribution >= 4 is 59.9 Å². The molecule has 11 heteroatoms. The van der Waals surface area contributed by atoms with Gasteiger partial charge >= 0.3 is 0 Å². The van der Waals surface area contributed by atoms with Crippen LogP contribution in [0.4, 0.5) is 20.9 Å². The van der Waals surface area contributed by atoms with Crippen LogP contribution in [-0.2, 0) is 14.8 Å². The van der Waals surface area contributed by atoms with E-state index in [1.165, 1.54) is 42.5 Å². The Bertz CT molecular complexity index is 1470. The molecule has 0 unspecified atom stereocenters. The summed E-state index contributed by atoms with van der Waals surface area (Å²) >= 11 is 1.24. The predicted molar refractivity (Wildman–Crippen MR) is 126 cm³/mol. The lowest BCUT2D eigenvalue weighted by molar-refractivity contribution is -0.114. The van der Waals surface area contributed by atoms with Gasteiger partial charge in [-0.25, -0.2) is 17.8 Å². The number of thiazole rings is 1. The number of fused-ring (bicyclic) bond motifs is 1. The number of aromatic nitrogens is 1. The average Bonchev–Trinajstić information content (AvgIpc) is 3.15. The first kappa shape index (κ1) is 22.4. The Morgan fingerprint density at radius 1 is 0.939 bits per heavy atom. The Balaban J connectivity index is 1.50. The number of hydrogen-bond acceptors (Lipinski definition) is 6. The summed E-state index contributed by atoms with van der Waals surface area (Å²) in [6.45, 7) is 1.41. The van der Waals surface area contributed by atoms with E-state index in [2.05, 4.69) is 20.3 Å². The molecule has 0 saturated heterocycles. The minimum absolute atomic E-state index is 0.105. The SMILES string of the molecule is CC(=O)Nc1ccc2nc(NC(=O)c3cccc(NS(=O)(=O)c4ccc(F)cc4)c3)sc2c1. The highest BCUT2D eigenvalue weighted by Gasteiger charge is 2.16. The lowest BCUT2D eigenvalue weighted by atomic mass is 10.2. The van der Waals surface area contributed by atoms with E-state index in [0.29, 0.717) is 16.3 Å². The molecule has 1 heterocycles. The fraction of sp³-hybridized carbons (Fsp3) is 0.0455. The molecule has 0 aliphatic heterocycles. The van der Waals surface area contributed by atoms with Crippen molar-refractivity contribution in [3.63, 3.8) is 0 Å². The van der Waals surface area contributed by atoms with E-state index in [4.69, 9.17) is 0 Å². The number of anilines is 3. The smallest absolute Gasteiger partial charge is 0.261 e. The molecule has 2 amide bonds. The van der Waals surface area contributed by atoms with Crippen molar-refractivity contribution in [2.75, 3.05) is 15.4 Å². The summed E-state index contributed by atoms with van der Waals surface area (Å²) in [4.78, 5) is 28.2. The van der Waals surface area contributed by atoms with Gasteiger partial charge in [-0.05, 0) is 60.7 Å². The second kappa shape index (κ2) is 8.96. The van der Waals surface area contributed by atoms with E-state index in [9.17, 15) is 22.4 Å². The van der Waals surface area contributed by atoms with Gasteiger partial charge in [0.05, 0.1) is 15.1 Å². The Labute approximate surface area is 192 Å². The Morgan fingerprint density at radius 2 is 1.70 bits per heavy atom. The summed E-state index contributed by atoms with van der Waals surface area (Å²) < 4.78 is 41.3. The second-order valence-corrected chi connectivity index (χ2v) is 9.69. The van der Waals surface area contributed by atoms with Gasteiger partial charge in [-0.15, -0.1) is 0 Å². The highest BCUT2D eigenvalue weighted by atomic mass is 32.2. The molecule has 0 spiro atoms. The van der Waals surface area contributed by atoms with Gasteiger partial charge in [0, 0.05) is 23.9 Å². The molecule has 33 heavy (non-hydrogen) atoms. The average molecular weight is 485 g/mol. The first-order chi connectivity index (χ1) is 15.7. The number of sulfonamides is 1. The van der Waals surface area contributed by atoms with Gasteiger partial charge in [-0.2, -0.15) is 0 Å². The maximum atomic E-state index is 13.1. The quantitative estimate of drug-likeness (QED) is 0.374. The molecular weight excluding hydrogens is 467 g/mol. The maximum absolute atomic E-state index is 13.1. The van der Waals surface area contributed by atoms with Crippen molar-refractivity contribution in [3.8, 4) is 0 Å². The third kappa shape index (κ3) is 5.33. The predicted octanol–water partition coefficient (Wildman–Crippen LogP) is 4.45. The lowest BCUT2D eigenvalue weighted by Gasteiger charge is -2.09. The van der Waals surface area contributed by atoms with Gasteiger partial charge in [0.2, 0.25) is 5.91 Å². The normalized spacial score (nSPS) is 11.2. The number of benzene rings is 3. The van der Waals surface area contributed by atoms with Gasteiger partial charge in [0.25, 0.3) is 15.9 Å². The van der Waals surface area contributed by atoms with Crippen molar-refractivity contribution in [1.82, 2.24) is 4.98 Å². The van der Waals surface area contributed by atoms with Crippen LogP contribution < -0.4 is 15.4 Å². The van der Waals surface area contributed by atoms with Gasteiger partial charge in [-0.1, -0.05) is 17.4 Å². The van der Waals surface area contributed by atoms with Crippen molar-refractivity contribution < 1.29 is 22.4 Å². The zero-order valence-electron chi connectivity index (χ0n) is 17.1. The third-order valence-electron chi connectivity index (χ3n) is 4.43. The topological polar surface area (TPSA) is 117 Å². The summed E-state index contributed by atoms with van der Waals surface area (Å²) in [5, 5.41) is 5.74. The largest absolute Gasteiger partial charge is 0.326 e. The first-order valence-electron chi connectivity index (χ1n) is 9.58. The minimum atomic E-state index is -3.95. The molecule has 0 aliphatic carbocycles. The fourth-order valence-electron chi connectivity index (χ4n) is 2.98. The molecule has 3 N–H and O–H groups in total. The molecule has 0 aliphatic rings. The molecule has 3 aromatic carbocycles. The molecule has 0 saturated carbocycles. The zero-order chi connectivity index (χ0) is 23.6. The molecule has 4 rings (SSSR count). The van der Waals surface area contributed by atoms with E-state index in [-0.39, 0.29) is 22.1 Å². The molecule has 168 valence electrons. The lowest BCUT2D eigenvalue weighted by Crippen LogP contribution is -2.15. The molecule has 0 fully saturated rings. The number of halogens is 1. The second-order valence-electron chi connectivity index (χ2n) is 6.98. The van der Waals surface area contributed by atoms with Crippen LogP contribution >= 0.6 is 11.3 Å². The highest BCUT2D eigenvalue weighted by Crippen LogP contribution is 2.29. The van der Waals surface area contributed by atoms with Crippen molar-refractivity contribution in [1.29, 1.82) is 0 Å². The number of rotatable bonds is 6. The van der Waals surface area contributed by atoms with Crippen LogP contribution in [0.1, 0.15) is 17.3 Å². The number of carbonyl (C=O) groups is 2.